The number of nitrogens with two attached hydrogens (primary N) is 2. The van der Waals surface area contributed by atoms with Gasteiger partial charge in [0.2, 0.25) is 17.7 Å². The molecule has 0 saturated heterocycles. The van der Waals surface area contributed by atoms with Crippen molar-refractivity contribution in [1.82, 2.24) is 10.6 Å². The van der Waals surface area contributed by atoms with Gasteiger partial charge in [-0.15, -0.1) is 0 Å². The number of rotatable bonds is 15. The lowest BCUT2D eigenvalue weighted by molar-refractivity contribution is -0.192. The number of hydrogen-bond donors (Lipinski definition) is 7. The molecule has 13 nitrogen and oxygen atoms in total. The second kappa shape index (κ2) is 19.1. The molecule has 1 atom stereocenters. The number of unbranched alkanes of at least 4 members (excludes halogenated alkanes) is 1. The molecule has 16 heteroatoms. The molecular formula is C28H35F3N6O7. The minimum atomic E-state index is -5.08. The molecule has 44 heavy (non-hydrogen) atoms. The summed E-state index contributed by atoms with van der Waals surface area (Å²) in [5.41, 5.74) is 12.8. The van der Waals surface area contributed by atoms with Crippen LogP contribution in [-0.4, -0.2) is 59.5 Å². The molecule has 0 unspecified atom stereocenters. The van der Waals surface area contributed by atoms with E-state index in [0.29, 0.717) is 43.5 Å². The van der Waals surface area contributed by atoms with Crippen molar-refractivity contribution in [2.45, 2.75) is 57.3 Å². The number of alkyl halides is 3. The Morgan fingerprint density at radius 2 is 1.48 bits per heavy atom. The van der Waals surface area contributed by atoms with Gasteiger partial charge in [-0.3, -0.25) is 19.8 Å². The molecule has 0 aromatic heterocycles. The van der Waals surface area contributed by atoms with E-state index in [1.807, 2.05) is 30.3 Å². The fourth-order valence-corrected chi connectivity index (χ4v) is 3.35. The summed E-state index contributed by atoms with van der Waals surface area (Å²) in [5.74, 6) is -3.85. The molecule has 2 rings (SSSR count). The molecular weight excluding hydrogens is 589 g/mol. The maximum absolute atomic E-state index is 12.0. The first kappa shape index (κ1) is 36.9. The summed E-state index contributed by atoms with van der Waals surface area (Å²) in [6.07, 6.45) is -3.56. The van der Waals surface area contributed by atoms with E-state index in [1.54, 1.807) is 24.3 Å². The fourth-order valence-electron chi connectivity index (χ4n) is 3.35. The third-order valence-corrected chi connectivity index (χ3v) is 5.62. The summed E-state index contributed by atoms with van der Waals surface area (Å²) >= 11 is 0. The topological polar surface area (TPSA) is 227 Å². The van der Waals surface area contributed by atoms with Crippen LogP contribution < -0.4 is 27.4 Å². The van der Waals surface area contributed by atoms with Crippen molar-refractivity contribution in [2.75, 3.05) is 11.9 Å². The zero-order valence-corrected chi connectivity index (χ0v) is 23.6. The van der Waals surface area contributed by atoms with E-state index in [0.717, 1.165) is 5.56 Å². The van der Waals surface area contributed by atoms with Crippen molar-refractivity contribution < 1.29 is 47.0 Å². The van der Waals surface area contributed by atoms with E-state index in [2.05, 4.69) is 16.0 Å². The molecule has 0 aliphatic rings. The second-order valence-electron chi connectivity index (χ2n) is 9.20. The number of alkyl carbamates (subject to hydrolysis) is 1. The summed E-state index contributed by atoms with van der Waals surface area (Å²) in [5, 5.41) is 22.5. The van der Waals surface area contributed by atoms with Crippen LogP contribution in [0.2, 0.25) is 0 Å². The number of carboxylic acid groups (broad SMARTS) is 1. The van der Waals surface area contributed by atoms with Gasteiger partial charge in [-0.05, 0) is 55.5 Å². The number of hydrogen-bond acceptors (Lipinski definition) is 7. The van der Waals surface area contributed by atoms with Crippen LogP contribution in [0, 0.1) is 5.41 Å². The van der Waals surface area contributed by atoms with Crippen molar-refractivity contribution in [3.8, 4) is 0 Å². The number of carboxylic acids is 1. The highest BCUT2D eigenvalue weighted by Crippen LogP contribution is 2.13. The van der Waals surface area contributed by atoms with Crippen molar-refractivity contribution in [1.29, 1.82) is 5.41 Å². The van der Waals surface area contributed by atoms with E-state index in [1.165, 1.54) is 0 Å². The molecule has 0 saturated carbocycles. The first-order valence-corrected chi connectivity index (χ1v) is 13.3. The summed E-state index contributed by atoms with van der Waals surface area (Å²) in [6, 6.07) is 14.9. The van der Waals surface area contributed by atoms with E-state index in [-0.39, 0.29) is 37.1 Å². The average Bonchev–Trinajstić information content (AvgIpc) is 2.95. The molecule has 0 spiro atoms. The molecule has 0 aliphatic heterocycles. The minimum absolute atomic E-state index is 0.0486. The number of halogens is 3. The van der Waals surface area contributed by atoms with Gasteiger partial charge in [-0.25, -0.2) is 9.59 Å². The van der Waals surface area contributed by atoms with Crippen molar-refractivity contribution in [3.05, 3.63) is 65.7 Å². The van der Waals surface area contributed by atoms with Gasteiger partial charge < -0.3 is 37.3 Å². The molecule has 0 heterocycles. The van der Waals surface area contributed by atoms with Gasteiger partial charge in [0.1, 0.15) is 18.5 Å². The summed E-state index contributed by atoms with van der Waals surface area (Å²) in [7, 11) is 0. The minimum Gasteiger partial charge on any atom is -0.475 e. The number of ether oxygens (including phenoxy) is 1. The van der Waals surface area contributed by atoms with Gasteiger partial charge in [0.05, 0.1) is 0 Å². The van der Waals surface area contributed by atoms with Crippen LogP contribution in [0.1, 0.15) is 49.7 Å². The van der Waals surface area contributed by atoms with Crippen LogP contribution in [0.5, 0.6) is 0 Å². The van der Waals surface area contributed by atoms with Crippen molar-refractivity contribution in [3.63, 3.8) is 0 Å². The zero-order chi connectivity index (χ0) is 33.1. The Labute approximate surface area is 251 Å². The van der Waals surface area contributed by atoms with Crippen LogP contribution in [0.3, 0.4) is 0 Å². The van der Waals surface area contributed by atoms with Crippen LogP contribution in [0.4, 0.5) is 23.7 Å². The molecule has 2 aromatic rings. The molecule has 0 radical (unpaired) electrons. The van der Waals surface area contributed by atoms with Gasteiger partial charge in [0, 0.05) is 30.6 Å². The van der Waals surface area contributed by atoms with E-state index in [9.17, 15) is 32.3 Å². The number of amidine groups is 1. The Kier molecular flexibility index (Phi) is 16.0. The maximum atomic E-state index is 12.0. The van der Waals surface area contributed by atoms with Crippen molar-refractivity contribution in [2.24, 2.45) is 11.5 Å². The lowest BCUT2D eigenvalue weighted by Crippen LogP contribution is -2.44. The van der Waals surface area contributed by atoms with E-state index >= 15 is 0 Å². The quantitative estimate of drug-likeness (QED) is 0.0883. The van der Waals surface area contributed by atoms with Gasteiger partial charge >= 0.3 is 18.2 Å². The summed E-state index contributed by atoms with van der Waals surface area (Å²) in [6.45, 7) is 0.484. The summed E-state index contributed by atoms with van der Waals surface area (Å²) in [4.78, 5) is 56.5. The predicted octanol–water partition coefficient (Wildman–Crippen LogP) is 2.78. The molecule has 0 bridgehead atoms. The Hall–Kier alpha value is -5.15. The average molecular weight is 625 g/mol. The number of carbonyl (C=O) groups is 5. The molecule has 9 N–H and O–H groups in total. The highest BCUT2D eigenvalue weighted by atomic mass is 19.4. The molecule has 0 fully saturated rings. The first-order chi connectivity index (χ1) is 20.7. The van der Waals surface area contributed by atoms with Gasteiger partial charge in [-0.1, -0.05) is 30.3 Å². The second-order valence-corrected chi connectivity index (χ2v) is 9.20. The van der Waals surface area contributed by atoms with Crippen LogP contribution in [0.15, 0.2) is 54.6 Å². The smallest absolute Gasteiger partial charge is 0.475 e. The number of aliphatic carboxylic acids is 1. The van der Waals surface area contributed by atoms with Crippen LogP contribution in [-0.2, 0) is 30.5 Å². The number of benzene rings is 2. The fraction of sp³-hybridized carbons (Fsp3) is 0.357. The Morgan fingerprint density at radius 3 is 2.02 bits per heavy atom. The highest BCUT2D eigenvalue weighted by Gasteiger charge is 2.38. The number of amides is 4. The first-order valence-electron chi connectivity index (χ1n) is 13.3. The van der Waals surface area contributed by atoms with Crippen LogP contribution >= 0.6 is 0 Å². The SMILES string of the molecule is N=C(N)c1ccc(NC(=O)CCCC(=O)NCCCC[C@H](NC(=O)OCc2ccccc2)C(N)=O)cc1.O=C(O)C(F)(F)F. The Balaban J connectivity index is 0.00000123. The van der Waals surface area contributed by atoms with Gasteiger partial charge in [0.25, 0.3) is 0 Å². The third kappa shape index (κ3) is 16.3. The van der Waals surface area contributed by atoms with Crippen molar-refractivity contribution >= 4 is 41.3 Å². The largest absolute Gasteiger partial charge is 0.490 e. The van der Waals surface area contributed by atoms with E-state index in [4.69, 9.17) is 31.5 Å². The summed E-state index contributed by atoms with van der Waals surface area (Å²) < 4.78 is 36.8. The van der Waals surface area contributed by atoms with Gasteiger partial charge in [-0.2, -0.15) is 13.2 Å². The lowest BCUT2D eigenvalue weighted by Gasteiger charge is -2.15. The van der Waals surface area contributed by atoms with Gasteiger partial charge in [0.15, 0.2) is 0 Å². The molecule has 4 amide bonds. The van der Waals surface area contributed by atoms with Crippen LogP contribution in [0.25, 0.3) is 0 Å². The maximum Gasteiger partial charge on any atom is 0.490 e. The molecule has 0 aliphatic carbocycles. The van der Waals surface area contributed by atoms with E-state index < -0.39 is 30.2 Å². The number of nitrogens with one attached hydrogen (secondary N) is 4. The lowest BCUT2D eigenvalue weighted by atomic mass is 10.1. The monoisotopic (exact) mass is 624 g/mol. The third-order valence-electron chi connectivity index (χ3n) is 5.62. The number of anilines is 1. The normalized spacial score (nSPS) is 11.2. The standard InChI is InChI=1S/C26H34N6O5.C2HF3O2/c27-24(28)19-12-14-20(15-13-19)31-23(34)11-6-10-22(33)30-16-5-4-9-21(25(29)35)32-26(36)37-17-18-7-2-1-3-8-18;3-2(4,5)1(6)7/h1-3,7-8,12-15,21H,4-6,9-11,16-17H2,(H3,27,28)(H2,29,35)(H,30,33)(H,31,34)(H,32,36);(H,6,7)/t21-;/m0./s1. The number of primary amides is 1. The predicted molar refractivity (Wildman–Crippen MR) is 153 cm³/mol. The molecule has 240 valence electrons. The number of nitrogen functional groups attached to an aromatic ring is 1. The zero-order valence-electron chi connectivity index (χ0n) is 23.6. The Bertz CT molecular complexity index is 1260. The molecule has 2 aromatic carbocycles. The highest BCUT2D eigenvalue weighted by molar-refractivity contribution is 5.96. The number of carbonyl (C=O) groups excluding carboxylic acids is 4. The Morgan fingerprint density at radius 1 is 0.886 bits per heavy atom.